The van der Waals surface area contributed by atoms with E-state index in [1.54, 1.807) is 0 Å². The molecule has 0 atom stereocenters. The fourth-order valence-electron chi connectivity index (χ4n) is 1.36. The molecule has 1 saturated carbocycles. The van der Waals surface area contributed by atoms with Crippen LogP contribution >= 0.6 is 11.8 Å². The van der Waals surface area contributed by atoms with Gasteiger partial charge in [0.25, 0.3) is 0 Å². The minimum absolute atomic E-state index is 0.283. The number of hydrogen-bond acceptors (Lipinski definition) is 3. The van der Waals surface area contributed by atoms with Gasteiger partial charge < -0.3 is 5.11 Å². The van der Waals surface area contributed by atoms with Crippen molar-refractivity contribution in [3.63, 3.8) is 0 Å². The lowest BCUT2D eigenvalue weighted by Gasteiger charge is -2.20. The highest BCUT2D eigenvalue weighted by Crippen LogP contribution is 2.26. The van der Waals surface area contributed by atoms with Crippen molar-refractivity contribution in [2.24, 2.45) is 0 Å². The molecular formula is C9H17NO2S. The highest BCUT2D eigenvalue weighted by molar-refractivity contribution is 7.98. The molecule has 1 fully saturated rings. The smallest absolute Gasteiger partial charge is 0.304 e. The molecule has 1 aliphatic carbocycles. The average Bonchev–Trinajstić information content (AvgIpc) is 2.87. The van der Waals surface area contributed by atoms with Crippen LogP contribution in [0.2, 0.25) is 0 Å². The number of carbonyl (C=O) groups is 1. The zero-order valence-electron chi connectivity index (χ0n) is 8.03. The van der Waals surface area contributed by atoms with Gasteiger partial charge in [0.15, 0.2) is 0 Å². The van der Waals surface area contributed by atoms with Gasteiger partial charge in [-0.05, 0) is 19.1 Å². The number of nitrogens with zero attached hydrogens (tertiary/aromatic N) is 1. The standard InChI is InChI=1S/C9H17NO2S/c1-13-7-6-10(8-2-3-8)5-4-9(11)12/h8H,2-7H2,1H3,(H,11,12). The van der Waals surface area contributed by atoms with E-state index in [2.05, 4.69) is 11.2 Å². The monoisotopic (exact) mass is 203 g/mol. The minimum Gasteiger partial charge on any atom is -0.481 e. The van der Waals surface area contributed by atoms with Crippen LogP contribution in [-0.2, 0) is 4.79 Å². The molecule has 0 bridgehead atoms. The zero-order chi connectivity index (χ0) is 9.68. The van der Waals surface area contributed by atoms with Gasteiger partial charge in [0.1, 0.15) is 0 Å². The third-order valence-corrected chi connectivity index (χ3v) is 2.85. The topological polar surface area (TPSA) is 40.5 Å². The SMILES string of the molecule is CSCCN(CCC(=O)O)C1CC1. The summed E-state index contributed by atoms with van der Waals surface area (Å²) in [6, 6.07) is 0.687. The highest BCUT2D eigenvalue weighted by Gasteiger charge is 2.28. The summed E-state index contributed by atoms with van der Waals surface area (Å²) in [5.74, 6) is 0.422. The molecule has 1 aliphatic rings. The fraction of sp³-hybridized carbons (Fsp3) is 0.889. The second kappa shape index (κ2) is 5.50. The second-order valence-corrected chi connectivity index (χ2v) is 4.39. The summed E-state index contributed by atoms with van der Waals surface area (Å²) >= 11 is 1.82. The van der Waals surface area contributed by atoms with Gasteiger partial charge in [0.2, 0.25) is 0 Å². The van der Waals surface area contributed by atoms with Crippen molar-refractivity contribution in [1.29, 1.82) is 0 Å². The summed E-state index contributed by atoms with van der Waals surface area (Å²) < 4.78 is 0. The predicted molar refractivity (Wildman–Crippen MR) is 55.2 cm³/mol. The Kier molecular flexibility index (Phi) is 4.59. The lowest BCUT2D eigenvalue weighted by molar-refractivity contribution is -0.137. The highest BCUT2D eigenvalue weighted by atomic mass is 32.2. The Morgan fingerprint density at radius 1 is 1.54 bits per heavy atom. The van der Waals surface area contributed by atoms with E-state index in [4.69, 9.17) is 5.11 Å². The normalized spacial score (nSPS) is 16.5. The number of carboxylic acid groups (broad SMARTS) is 1. The molecule has 0 aliphatic heterocycles. The molecule has 0 radical (unpaired) electrons. The first-order chi connectivity index (χ1) is 6.24. The molecule has 1 N–H and O–H groups in total. The summed E-state index contributed by atoms with van der Waals surface area (Å²) in [6.45, 7) is 1.76. The third kappa shape index (κ3) is 4.52. The Labute approximate surface area is 83.5 Å². The Bertz CT molecular complexity index is 171. The van der Waals surface area contributed by atoms with Crippen LogP contribution in [0.25, 0.3) is 0 Å². The number of rotatable bonds is 7. The van der Waals surface area contributed by atoms with Crippen LogP contribution in [0, 0.1) is 0 Å². The molecule has 4 heteroatoms. The fourth-order valence-corrected chi connectivity index (χ4v) is 1.78. The van der Waals surface area contributed by atoms with Crippen molar-refractivity contribution in [3.05, 3.63) is 0 Å². The molecule has 3 nitrogen and oxygen atoms in total. The molecule has 0 heterocycles. The van der Waals surface area contributed by atoms with Gasteiger partial charge in [-0.2, -0.15) is 11.8 Å². The quantitative estimate of drug-likeness (QED) is 0.677. The third-order valence-electron chi connectivity index (χ3n) is 2.26. The molecule has 0 unspecified atom stereocenters. The van der Waals surface area contributed by atoms with E-state index in [-0.39, 0.29) is 6.42 Å². The Hall–Kier alpha value is -0.220. The van der Waals surface area contributed by atoms with Gasteiger partial charge >= 0.3 is 5.97 Å². The van der Waals surface area contributed by atoms with Crippen LogP contribution in [-0.4, -0.2) is 47.1 Å². The van der Waals surface area contributed by atoms with Gasteiger partial charge in [-0.3, -0.25) is 9.69 Å². The van der Waals surface area contributed by atoms with E-state index in [9.17, 15) is 4.79 Å². The first kappa shape index (κ1) is 10.9. The van der Waals surface area contributed by atoms with Crippen molar-refractivity contribution in [2.45, 2.75) is 25.3 Å². The lowest BCUT2D eigenvalue weighted by atomic mass is 10.3. The van der Waals surface area contributed by atoms with Crippen molar-refractivity contribution >= 4 is 17.7 Å². The molecule has 0 spiro atoms. The molecule has 76 valence electrons. The number of carboxylic acids is 1. The van der Waals surface area contributed by atoms with E-state index < -0.39 is 5.97 Å². The summed E-state index contributed by atoms with van der Waals surface area (Å²) in [5.41, 5.74) is 0. The van der Waals surface area contributed by atoms with Crippen LogP contribution in [0.5, 0.6) is 0 Å². The Morgan fingerprint density at radius 3 is 2.69 bits per heavy atom. The predicted octanol–water partition coefficient (Wildman–Crippen LogP) is 1.29. The Morgan fingerprint density at radius 2 is 2.23 bits per heavy atom. The first-order valence-corrected chi connectivity index (χ1v) is 6.08. The van der Waals surface area contributed by atoms with Gasteiger partial charge in [0.05, 0.1) is 6.42 Å². The van der Waals surface area contributed by atoms with Crippen molar-refractivity contribution in [1.82, 2.24) is 4.90 Å². The maximum absolute atomic E-state index is 10.4. The maximum atomic E-state index is 10.4. The molecule has 0 saturated heterocycles. The van der Waals surface area contributed by atoms with Gasteiger partial charge in [-0.1, -0.05) is 0 Å². The largest absolute Gasteiger partial charge is 0.481 e. The van der Waals surface area contributed by atoms with Crippen LogP contribution < -0.4 is 0 Å². The number of aliphatic carboxylic acids is 1. The van der Waals surface area contributed by atoms with Gasteiger partial charge in [-0.25, -0.2) is 0 Å². The zero-order valence-corrected chi connectivity index (χ0v) is 8.85. The molecule has 13 heavy (non-hydrogen) atoms. The summed E-state index contributed by atoms with van der Waals surface area (Å²) in [7, 11) is 0. The first-order valence-electron chi connectivity index (χ1n) is 4.69. The summed E-state index contributed by atoms with van der Waals surface area (Å²) in [5, 5.41) is 8.56. The van der Waals surface area contributed by atoms with Crippen molar-refractivity contribution in [2.75, 3.05) is 25.1 Å². The van der Waals surface area contributed by atoms with E-state index in [1.807, 2.05) is 11.8 Å². The van der Waals surface area contributed by atoms with Crippen LogP contribution in [0.4, 0.5) is 0 Å². The van der Waals surface area contributed by atoms with Crippen molar-refractivity contribution < 1.29 is 9.90 Å². The van der Waals surface area contributed by atoms with E-state index >= 15 is 0 Å². The molecule has 0 aromatic carbocycles. The van der Waals surface area contributed by atoms with Crippen molar-refractivity contribution in [3.8, 4) is 0 Å². The van der Waals surface area contributed by atoms with Gasteiger partial charge in [0, 0.05) is 24.9 Å². The average molecular weight is 203 g/mol. The molecular weight excluding hydrogens is 186 g/mol. The number of hydrogen-bond donors (Lipinski definition) is 1. The number of thioether (sulfide) groups is 1. The lowest BCUT2D eigenvalue weighted by Crippen LogP contribution is -2.30. The van der Waals surface area contributed by atoms with E-state index in [1.165, 1.54) is 12.8 Å². The molecule has 1 rings (SSSR count). The maximum Gasteiger partial charge on any atom is 0.304 e. The molecule has 0 aromatic heterocycles. The molecule has 0 aromatic rings. The summed E-state index contributed by atoms with van der Waals surface area (Å²) in [6.07, 6.45) is 4.88. The van der Waals surface area contributed by atoms with Gasteiger partial charge in [-0.15, -0.1) is 0 Å². The van der Waals surface area contributed by atoms with Crippen LogP contribution in [0.1, 0.15) is 19.3 Å². The minimum atomic E-state index is -0.685. The van der Waals surface area contributed by atoms with E-state index in [0.717, 1.165) is 18.8 Å². The van der Waals surface area contributed by atoms with Crippen LogP contribution in [0.3, 0.4) is 0 Å². The second-order valence-electron chi connectivity index (χ2n) is 3.40. The summed E-state index contributed by atoms with van der Waals surface area (Å²) in [4.78, 5) is 12.7. The molecule has 0 amide bonds. The van der Waals surface area contributed by atoms with Crippen LogP contribution in [0.15, 0.2) is 0 Å². The van der Waals surface area contributed by atoms with E-state index in [0.29, 0.717) is 6.04 Å². The Balaban J connectivity index is 2.17.